The standard InChI is InChI=1S/C25H30N4O2S/c1-31-15-14-28-10-12-29(13-11-28)18-19-4-6-20(7-5-19)25(30)27-23-17-21(8-9-22(23)26)24-3-2-16-32-24/h2-9,16-17H,10-15,18,26H2,1H3,(H,27,30). The van der Waals surface area contributed by atoms with Gasteiger partial charge in [0.1, 0.15) is 0 Å². The maximum Gasteiger partial charge on any atom is 0.255 e. The Morgan fingerprint density at radius 2 is 1.81 bits per heavy atom. The van der Waals surface area contributed by atoms with Crippen LogP contribution in [0.2, 0.25) is 0 Å². The Morgan fingerprint density at radius 3 is 2.50 bits per heavy atom. The van der Waals surface area contributed by atoms with E-state index in [-0.39, 0.29) is 5.91 Å². The molecule has 0 unspecified atom stereocenters. The van der Waals surface area contributed by atoms with Crippen LogP contribution in [0.5, 0.6) is 0 Å². The summed E-state index contributed by atoms with van der Waals surface area (Å²) in [4.78, 5) is 18.8. The van der Waals surface area contributed by atoms with Gasteiger partial charge in [0.2, 0.25) is 0 Å². The molecule has 2 aromatic carbocycles. The Labute approximate surface area is 193 Å². The first-order valence-corrected chi connectivity index (χ1v) is 11.8. The summed E-state index contributed by atoms with van der Waals surface area (Å²) in [5.74, 6) is -0.154. The summed E-state index contributed by atoms with van der Waals surface area (Å²) in [6.45, 7) is 6.90. The van der Waals surface area contributed by atoms with Crippen LogP contribution in [-0.4, -0.2) is 62.1 Å². The molecule has 1 aromatic heterocycles. The second kappa shape index (κ2) is 10.7. The van der Waals surface area contributed by atoms with Gasteiger partial charge in [0.15, 0.2) is 0 Å². The number of benzene rings is 2. The van der Waals surface area contributed by atoms with Crippen molar-refractivity contribution in [2.45, 2.75) is 6.54 Å². The van der Waals surface area contributed by atoms with Crippen molar-refractivity contribution in [1.82, 2.24) is 9.80 Å². The maximum atomic E-state index is 12.8. The zero-order chi connectivity index (χ0) is 22.3. The van der Waals surface area contributed by atoms with Crippen molar-refractivity contribution in [2.24, 2.45) is 0 Å². The van der Waals surface area contributed by atoms with Gasteiger partial charge in [-0.1, -0.05) is 24.3 Å². The number of rotatable bonds is 8. The molecule has 4 rings (SSSR count). The summed E-state index contributed by atoms with van der Waals surface area (Å²) in [5, 5.41) is 5.00. The first kappa shape index (κ1) is 22.5. The predicted molar refractivity (Wildman–Crippen MR) is 132 cm³/mol. The second-order valence-electron chi connectivity index (χ2n) is 8.04. The van der Waals surface area contributed by atoms with E-state index >= 15 is 0 Å². The maximum absolute atomic E-state index is 12.8. The molecule has 1 aliphatic rings. The quantitative estimate of drug-likeness (QED) is 0.508. The van der Waals surface area contributed by atoms with Gasteiger partial charge in [-0.3, -0.25) is 14.6 Å². The highest BCUT2D eigenvalue weighted by molar-refractivity contribution is 7.13. The summed E-state index contributed by atoms with van der Waals surface area (Å²) in [6, 6.07) is 17.7. The molecule has 1 aliphatic heterocycles. The monoisotopic (exact) mass is 450 g/mol. The first-order chi connectivity index (χ1) is 15.6. The molecule has 6 nitrogen and oxygen atoms in total. The minimum Gasteiger partial charge on any atom is -0.397 e. The molecule has 0 spiro atoms. The third-order valence-electron chi connectivity index (χ3n) is 5.81. The van der Waals surface area contributed by atoms with E-state index in [4.69, 9.17) is 10.5 Å². The number of thiophene rings is 1. The Morgan fingerprint density at radius 1 is 1.06 bits per heavy atom. The van der Waals surface area contributed by atoms with Crippen molar-refractivity contribution in [3.63, 3.8) is 0 Å². The number of carbonyl (C=O) groups excluding carboxylic acids is 1. The smallest absolute Gasteiger partial charge is 0.255 e. The highest BCUT2D eigenvalue weighted by atomic mass is 32.1. The fourth-order valence-corrected chi connectivity index (χ4v) is 4.59. The summed E-state index contributed by atoms with van der Waals surface area (Å²) in [7, 11) is 1.75. The van der Waals surface area contributed by atoms with E-state index in [2.05, 4.69) is 21.2 Å². The summed E-state index contributed by atoms with van der Waals surface area (Å²) in [6.07, 6.45) is 0. The highest BCUT2D eigenvalue weighted by Gasteiger charge is 2.17. The molecule has 0 aliphatic carbocycles. The number of anilines is 2. The second-order valence-corrected chi connectivity index (χ2v) is 8.99. The van der Waals surface area contributed by atoms with Gasteiger partial charge >= 0.3 is 0 Å². The van der Waals surface area contributed by atoms with E-state index in [0.717, 1.165) is 56.3 Å². The Bertz CT molecular complexity index is 1010. The number of nitrogen functional groups attached to an aromatic ring is 1. The molecule has 32 heavy (non-hydrogen) atoms. The molecule has 1 saturated heterocycles. The number of ether oxygens (including phenoxy) is 1. The van der Waals surface area contributed by atoms with Gasteiger partial charge in [-0.15, -0.1) is 11.3 Å². The lowest BCUT2D eigenvalue weighted by Gasteiger charge is -2.34. The van der Waals surface area contributed by atoms with Crippen LogP contribution in [0.1, 0.15) is 15.9 Å². The third kappa shape index (κ3) is 5.75. The lowest BCUT2D eigenvalue weighted by Crippen LogP contribution is -2.46. The molecule has 1 fully saturated rings. The molecule has 7 heteroatoms. The lowest BCUT2D eigenvalue weighted by molar-refractivity contribution is 0.0938. The molecule has 0 radical (unpaired) electrons. The molecule has 2 heterocycles. The van der Waals surface area contributed by atoms with Crippen LogP contribution in [0, 0.1) is 0 Å². The number of nitrogens with two attached hydrogens (primary N) is 1. The number of amides is 1. The molecule has 168 valence electrons. The van der Waals surface area contributed by atoms with Crippen LogP contribution in [0.3, 0.4) is 0 Å². The van der Waals surface area contributed by atoms with E-state index < -0.39 is 0 Å². The summed E-state index contributed by atoms with van der Waals surface area (Å²) < 4.78 is 5.17. The van der Waals surface area contributed by atoms with Crippen molar-refractivity contribution in [3.05, 3.63) is 71.1 Å². The number of methoxy groups -OCH3 is 1. The van der Waals surface area contributed by atoms with E-state index in [1.54, 1.807) is 18.4 Å². The average molecular weight is 451 g/mol. The molecule has 0 saturated carbocycles. The molecule has 3 N–H and O–H groups in total. The Kier molecular flexibility index (Phi) is 7.55. The zero-order valence-electron chi connectivity index (χ0n) is 18.4. The zero-order valence-corrected chi connectivity index (χ0v) is 19.2. The molecule has 0 atom stereocenters. The van der Waals surface area contributed by atoms with Crippen LogP contribution in [-0.2, 0) is 11.3 Å². The topological polar surface area (TPSA) is 70.8 Å². The van der Waals surface area contributed by atoms with Gasteiger partial charge in [0.05, 0.1) is 18.0 Å². The van der Waals surface area contributed by atoms with Crippen LogP contribution in [0.4, 0.5) is 11.4 Å². The van der Waals surface area contributed by atoms with Gasteiger partial charge in [0.25, 0.3) is 5.91 Å². The fraction of sp³-hybridized carbons (Fsp3) is 0.320. The first-order valence-electron chi connectivity index (χ1n) is 10.9. The largest absolute Gasteiger partial charge is 0.397 e. The van der Waals surface area contributed by atoms with Gasteiger partial charge in [0, 0.05) is 56.8 Å². The number of nitrogens with one attached hydrogen (secondary N) is 1. The molecular weight excluding hydrogens is 420 g/mol. The van der Waals surface area contributed by atoms with Gasteiger partial charge in [-0.25, -0.2) is 0 Å². The lowest BCUT2D eigenvalue weighted by atomic mass is 10.1. The normalized spacial score (nSPS) is 15.0. The fourth-order valence-electron chi connectivity index (χ4n) is 3.87. The number of hydrogen-bond acceptors (Lipinski definition) is 6. The Hall–Kier alpha value is -2.71. The van der Waals surface area contributed by atoms with Gasteiger partial charge < -0.3 is 15.8 Å². The SMILES string of the molecule is COCCN1CCN(Cc2ccc(C(=O)Nc3cc(-c4cccs4)ccc3N)cc2)CC1. The number of hydrogen-bond donors (Lipinski definition) is 2. The number of carbonyl (C=O) groups is 1. The predicted octanol–water partition coefficient (Wildman–Crippen LogP) is 4.01. The van der Waals surface area contributed by atoms with Crippen LogP contribution < -0.4 is 11.1 Å². The Balaban J connectivity index is 1.33. The van der Waals surface area contributed by atoms with Crippen molar-refractivity contribution in [1.29, 1.82) is 0 Å². The molecular formula is C25H30N4O2S. The molecule has 3 aromatic rings. The average Bonchev–Trinajstić information content (AvgIpc) is 3.35. The summed E-state index contributed by atoms with van der Waals surface area (Å²) in [5.41, 5.74) is 10.2. The van der Waals surface area contributed by atoms with E-state index in [1.165, 1.54) is 5.56 Å². The third-order valence-corrected chi connectivity index (χ3v) is 6.72. The van der Waals surface area contributed by atoms with Crippen LogP contribution >= 0.6 is 11.3 Å². The van der Waals surface area contributed by atoms with E-state index in [9.17, 15) is 4.79 Å². The minimum atomic E-state index is -0.154. The van der Waals surface area contributed by atoms with Gasteiger partial charge in [-0.05, 0) is 46.8 Å². The summed E-state index contributed by atoms with van der Waals surface area (Å²) >= 11 is 1.66. The highest BCUT2D eigenvalue weighted by Crippen LogP contribution is 2.30. The minimum absolute atomic E-state index is 0.154. The van der Waals surface area contributed by atoms with E-state index in [0.29, 0.717) is 16.9 Å². The van der Waals surface area contributed by atoms with Crippen LogP contribution in [0.25, 0.3) is 10.4 Å². The van der Waals surface area contributed by atoms with Crippen molar-refractivity contribution < 1.29 is 9.53 Å². The molecule has 0 bridgehead atoms. The number of nitrogens with zero attached hydrogens (tertiary/aromatic N) is 2. The van der Waals surface area contributed by atoms with Crippen molar-refractivity contribution in [3.8, 4) is 10.4 Å². The van der Waals surface area contributed by atoms with Gasteiger partial charge in [-0.2, -0.15) is 0 Å². The van der Waals surface area contributed by atoms with E-state index in [1.807, 2.05) is 53.9 Å². The van der Waals surface area contributed by atoms with Crippen molar-refractivity contribution in [2.75, 3.05) is 57.5 Å². The number of piperazine rings is 1. The molecule has 1 amide bonds. The van der Waals surface area contributed by atoms with Crippen LogP contribution in [0.15, 0.2) is 60.0 Å². The van der Waals surface area contributed by atoms with Crippen molar-refractivity contribution >= 4 is 28.6 Å².